The van der Waals surface area contributed by atoms with Crippen LogP contribution in [0.3, 0.4) is 0 Å². The molecule has 8 heteroatoms. The number of H-pyrrole nitrogens is 1. The van der Waals surface area contributed by atoms with Crippen molar-refractivity contribution in [2.75, 3.05) is 0 Å². The average Bonchev–Trinajstić information content (AvgIpc) is 2.16. The fourth-order valence-corrected chi connectivity index (χ4v) is 1.33. The lowest BCUT2D eigenvalue weighted by molar-refractivity contribution is -0.387. The molecule has 82 valence electrons. The predicted octanol–water partition coefficient (Wildman–Crippen LogP) is 1.96. The van der Waals surface area contributed by atoms with Gasteiger partial charge in [0, 0.05) is 12.1 Å². The highest BCUT2D eigenvalue weighted by Crippen LogP contribution is 2.29. The van der Waals surface area contributed by atoms with Gasteiger partial charge in [-0.15, -0.1) is 11.6 Å². The molecule has 5 nitrogen and oxygen atoms in total. The normalized spacial score (nSPS) is 10.7. The van der Waals surface area contributed by atoms with E-state index in [1.807, 2.05) is 4.98 Å². The average molecular weight is 239 g/mol. The van der Waals surface area contributed by atoms with Crippen molar-refractivity contribution in [2.45, 2.75) is 12.3 Å². The predicted molar refractivity (Wildman–Crippen MR) is 48.2 cm³/mol. The lowest BCUT2D eigenvalue weighted by atomic mass is 10.1. The van der Waals surface area contributed by atoms with Crippen molar-refractivity contribution in [1.29, 1.82) is 0 Å². The van der Waals surface area contributed by atoms with Crippen molar-refractivity contribution < 1.29 is 13.7 Å². The maximum absolute atomic E-state index is 12.5. The third kappa shape index (κ3) is 2.12. The minimum absolute atomic E-state index is 0.155. The van der Waals surface area contributed by atoms with Gasteiger partial charge in [0.15, 0.2) is 0 Å². The molecule has 0 unspecified atom stereocenters. The SMILES string of the molecule is O=c1[nH]cc(CCl)c(C(F)F)c1[N+](=O)[O-]. The molecular weight excluding hydrogens is 234 g/mol. The van der Waals surface area contributed by atoms with Crippen LogP contribution >= 0.6 is 11.6 Å². The maximum atomic E-state index is 12.5. The topological polar surface area (TPSA) is 76.0 Å². The van der Waals surface area contributed by atoms with Gasteiger partial charge in [0.05, 0.1) is 4.92 Å². The van der Waals surface area contributed by atoms with Crippen molar-refractivity contribution in [3.8, 4) is 0 Å². The summed E-state index contributed by atoms with van der Waals surface area (Å²) < 4.78 is 25.0. The molecule has 1 aromatic heterocycles. The summed E-state index contributed by atoms with van der Waals surface area (Å²) in [6.07, 6.45) is -2.16. The molecule has 1 heterocycles. The van der Waals surface area contributed by atoms with E-state index in [0.717, 1.165) is 6.20 Å². The van der Waals surface area contributed by atoms with Gasteiger partial charge in [0.2, 0.25) is 0 Å². The van der Waals surface area contributed by atoms with Crippen LogP contribution in [0, 0.1) is 10.1 Å². The third-order valence-electron chi connectivity index (χ3n) is 1.74. The van der Waals surface area contributed by atoms with Crippen LogP contribution in [0.4, 0.5) is 14.5 Å². The number of nitrogens with zero attached hydrogens (tertiary/aromatic N) is 1. The molecule has 1 N–H and O–H groups in total. The van der Waals surface area contributed by atoms with Crippen molar-refractivity contribution in [3.05, 3.63) is 37.8 Å². The van der Waals surface area contributed by atoms with Gasteiger partial charge in [0.1, 0.15) is 5.56 Å². The zero-order chi connectivity index (χ0) is 11.6. The number of rotatable bonds is 3. The molecule has 0 amide bonds. The van der Waals surface area contributed by atoms with Crippen LogP contribution in [0.25, 0.3) is 0 Å². The summed E-state index contributed by atoms with van der Waals surface area (Å²) in [6, 6.07) is 0. The van der Waals surface area contributed by atoms with Crippen molar-refractivity contribution in [3.63, 3.8) is 0 Å². The summed E-state index contributed by atoms with van der Waals surface area (Å²) >= 11 is 5.33. The number of hydrogen-bond donors (Lipinski definition) is 1. The smallest absolute Gasteiger partial charge is 0.323 e. The first-order chi connectivity index (χ1) is 6.99. The first kappa shape index (κ1) is 11.6. The Balaban J connectivity index is 3.58. The Morgan fingerprint density at radius 3 is 2.60 bits per heavy atom. The number of aromatic amines is 1. The van der Waals surface area contributed by atoms with Crippen molar-refractivity contribution in [2.24, 2.45) is 0 Å². The van der Waals surface area contributed by atoms with E-state index < -0.39 is 28.2 Å². The second-order valence-corrected chi connectivity index (χ2v) is 2.86. The highest BCUT2D eigenvalue weighted by Gasteiger charge is 2.28. The van der Waals surface area contributed by atoms with E-state index in [0.29, 0.717) is 0 Å². The molecule has 0 aliphatic carbocycles. The molecule has 0 aromatic carbocycles. The molecular formula is C7H5ClF2N2O3. The fraction of sp³-hybridized carbons (Fsp3) is 0.286. The molecule has 1 rings (SSSR count). The summed E-state index contributed by atoms with van der Waals surface area (Å²) in [6.45, 7) is 0. The number of aromatic nitrogens is 1. The maximum Gasteiger partial charge on any atom is 0.343 e. The molecule has 15 heavy (non-hydrogen) atoms. The summed E-state index contributed by atoms with van der Waals surface area (Å²) in [7, 11) is 0. The fourth-order valence-electron chi connectivity index (χ4n) is 1.11. The lowest BCUT2D eigenvalue weighted by Gasteiger charge is -2.05. The van der Waals surface area contributed by atoms with Gasteiger partial charge in [0.25, 0.3) is 6.43 Å². The Hall–Kier alpha value is -1.50. The van der Waals surface area contributed by atoms with Crippen LogP contribution in [0.5, 0.6) is 0 Å². The zero-order valence-corrected chi connectivity index (χ0v) is 7.92. The number of nitro groups is 1. The van der Waals surface area contributed by atoms with Crippen LogP contribution in [0.2, 0.25) is 0 Å². The van der Waals surface area contributed by atoms with Crippen molar-refractivity contribution >= 4 is 17.3 Å². The van der Waals surface area contributed by atoms with Crippen LogP contribution in [-0.4, -0.2) is 9.91 Å². The molecule has 0 aliphatic rings. The molecule has 0 fully saturated rings. The Morgan fingerprint density at radius 1 is 1.60 bits per heavy atom. The van der Waals surface area contributed by atoms with E-state index in [-0.39, 0.29) is 11.4 Å². The van der Waals surface area contributed by atoms with Gasteiger partial charge in [-0.25, -0.2) is 8.78 Å². The van der Waals surface area contributed by atoms with Gasteiger partial charge in [-0.3, -0.25) is 14.9 Å². The van der Waals surface area contributed by atoms with E-state index in [1.54, 1.807) is 0 Å². The summed E-state index contributed by atoms with van der Waals surface area (Å²) in [5.41, 5.74) is -3.39. The molecule has 0 radical (unpaired) electrons. The van der Waals surface area contributed by atoms with Crippen LogP contribution in [-0.2, 0) is 5.88 Å². The number of nitrogens with one attached hydrogen (secondary N) is 1. The van der Waals surface area contributed by atoms with Crippen molar-refractivity contribution in [1.82, 2.24) is 4.98 Å². The zero-order valence-electron chi connectivity index (χ0n) is 7.17. The van der Waals surface area contributed by atoms with E-state index >= 15 is 0 Å². The third-order valence-corrected chi connectivity index (χ3v) is 2.03. The Labute approximate surface area is 86.8 Å². The second kappa shape index (κ2) is 4.35. The first-order valence-corrected chi connectivity index (χ1v) is 4.25. The molecule has 1 aromatic rings. The molecule has 0 saturated carbocycles. The van der Waals surface area contributed by atoms with Crippen LogP contribution < -0.4 is 5.56 Å². The second-order valence-electron chi connectivity index (χ2n) is 2.60. The van der Waals surface area contributed by atoms with Gasteiger partial charge in [-0.05, 0) is 5.56 Å². The van der Waals surface area contributed by atoms with Gasteiger partial charge < -0.3 is 4.98 Å². The van der Waals surface area contributed by atoms with E-state index in [2.05, 4.69) is 0 Å². The quantitative estimate of drug-likeness (QED) is 0.497. The lowest BCUT2D eigenvalue weighted by Crippen LogP contribution is -2.16. The molecule has 0 spiro atoms. The minimum atomic E-state index is -3.11. The summed E-state index contributed by atoms with van der Waals surface area (Å²) in [4.78, 5) is 22.2. The standard InChI is InChI=1S/C7H5ClF2N2O3/c8-1-3-2-11-7(13)5(12(14)15)4(3)6(9)10/h2,6H,1H2,(H,11,13). The number of hydrogen-bond acceptors (Lipinski definition) is 3. The monoisotopic (exact) mass is 238 g/mol. The van der Waals surface area contributed by atoms with E-state index in [1.165, 1.54) is 0 Å². The van der Waals surface area contributed by atoms with E-state index in [4.69, 9.17) is 11.6 Å². The number of halogens is 3. The van der Waals surface area contributed by atoms with Gasteiger partial charge in [-0.1, -0.05) is 0 Å². The number of pyridine rings is 1. The molecule has 0 bridgehead atoms. The minimum Gasteiger partial charge on any atom is -0.323 e. The van der Waals surface area contributed by atoms with Crippen LogP contribution in [0.15, 0.2) is 11.0 Å². The molecule has 0 aliphatic heterocycles. The Kier molecular flexibility index (Phi) is 3.35. The Morgan fingerprint density at radius 2 is 2.20 bits per heavy atom. The largest absolute Gasteiger partial charge is 0.343 e. The van der Waals surface area contributed by atoms with Gasteiger partial charge >= 0.3 is 11.2 Å². The summed E-state index contributed by atoms with van der Waals surface area (Å²) in [5, 5.41) is 10.4. The molecule has 0 atom stereocenters. The summed E-state index contributed by atoms with van der Waals surface area (Å²) in [5.74, 6) is -0.336. The van der Waals surface area contributed by atoms with Gasteiger partial charge in [-0.2, -0.15) is 0 Å². The molecule has 0 saturated heterocycles. The first-order valence-electron chi connectivity index (χ1n) is 3.72. The van der Waals surface area contributed by atoms with Crippen LogP contribution in [0.1, 0.15) is 17.6 Å². The van der Waals surface area contributed by atoms with E-state index in [9.17, 15) is 23.7 Å². The number of alkyl halides is 3. The highest BCUT2D eigenvalue weighted by atomic mass is 35.5. The highest BCUT2D eigenvalue weighted by molar-refractivity contribution is 6.17. The Bertz CT molecular complexity index is 446.